The van der Waals surface area contributed by atoms with Crippen molar-refractivity contribution in [3.05, 3.63) is 35.4 Å². The number of carbonyl (C=O) groups is 1. The first kappa shape index (κ1) is 17.0. The van der Waals surface area contributed by atoms with Crippen LogP contribution in [0, 0.1) is 0 Å². The van der Waals surface area contributed by atoms with Gasteiger partial charge in [-0.05, 0) is 18.1 Å². The average molecular weight is 373 g/mol. The van der Waals surface area contributed by atoms with E-state index in [-0.39, 0.29) is 23.5 Å². The van der Waals surface area contributed by atoms with Crippen LogP contribution in [0.3, 0.4) is 0 Å². The van der Waals surface area contributed by atoms with Gasteiger partial charge in [0.25, 0.3) is 0 Å². The summed E-state index contributed by atoms with van der Waals surface area (Å²) in [5, 5.41) is 12.1. The zero-order chi connectivity index (χ0) is 18.8. The second kappa shape index (κ2) is 5.95. The number of methoxy groups -OCH3 is 1. The minimum Gasteiger partial charge on any atom is -0.493 e. The Bertz CT molecular complexity index is 823. The predicted octanol–water partition coefficient (Wildman–Crippen LogP) is 1.99. The topological polar surface area (TPSA) is 77.5 Å². The number of aliphatic hydroxyl groups is 1. The number of hydrogen-bond donors (Lipinski definition) is 1. The summed E-state index contributed by atoms with van der Waals surface area (Å²) in [4.78, 5) is 17.3. The summed E-state index contributed by atoms with van der Waals surface area (Å²) >= 11 is 0. The number of nitrogens with zero attached hydrogens (tertiary/aromatic N) is 1. The van der Waals surface area contributed by atoms with Gasteiger partial charge >= 0.3 is 5.97 Å². The molecule has 3 heterocycles. The monoisotopic (exact) mass is 373 g/mol. The van der Waals surface area contributed by atoms with Crippen molar-refractivity contribution in [2.75, 3.05) is 13.7 Å². The Morgan fingerprint density at radius 2 is 2.22 bits per heavy atom. The number of rotatable bonds is 2. The highest BCUT2D eigenvalue weighted by Gasteiger charge is 2.55. The van der Waals surface area contributed by atoms with E-state index in [2.05, 4.69) is 12.1 Å². The molecule has 1 spiro atoms. The molecule has 4 aliphatic rings. The van der Waals surface area contributed by atoms with Crippen molar-refractivity contribution in [3.63, 3.8) is 0 Å². The maximum absolute atomic E-state index is 11.3. The van der Waals surface area contributed by atoms with Crippen LogP contribution in [0.1, 0.15) is 43.4 Å². The van der Waals surface area contributed by atoms with Crippen molar-refractivity contribution >= 4 is 5.97 Å². The minimum absolute atomic E-state index is 0.0176. The van der Waals surface area contributed by atoms with Crippen molar-refractivity contribution in [3.8, 4) is 11.5 Å². The Balaban J connectivity index is 1.63. The quantitative estimate of drug-likeness (QED) is 0.627. The van der Waals surface area contributed by atoms with Crippen LogP contribution >= 0.6 is 0 Å². The maximum Gasteiger partial charge on any atom is 0.304 e. The van der Waals surface area contributed by atoms with E-state index in [1.807, 2.05) is 17.2 Å². The van der Waals surface area contributed by atoms with E-state index < -0.39 is 12.4 Å². The summed E-state index contributed by atoms with van der Waals surface area (Å²) in [5.41, 5.74) is 1.93. The van der Waals surface area contributed by atoms with Crippen LogP contribution in [0.25, 0.3) is 0 Å². The predicted molar refractivity (Wildman–Crippen MR) is 94.2 cm³/mol. The third-order valence-corrected chi connectivity index (χ3v) is 6.16. The zero-order valence-corrected chi connectivity index (χ0v) is 15.4. The first-order chi connectivity index (χ1) is 13.0. The van der Waals surface area contributed by atoms with Gasteiger partial charge in [-0.3, -0.25) is 9.63 Å². The number of aliphatic hydroxyl groups excluding tert-OH is 1. The molecular weight excluding hydrogens is 350 g/mol. The molecule has 1 unspecified atom stereocenters. The van der Waals surface area contributed by atoms with E-state index in [1.165, 1.54) is 6.92 Å². The summed E-state index contributed by atoms with van der Waals surface area (Å²) in [6.45, 7) is 2.07. The Hall–Kier alpha value is -2.09. The molecule has 0 radical (unpaired) electrons. The Kier molecular flexibility index (Phi) is 3.76. The molecule has 5 rings (SSSR count). The molecule has 3 aliphatic heterocycles. The summed E-state index contributed by atoms with van der Waals surface area (Å²) in [6, 6.07) is 3.96. The molecule has 1 aromatic rings. The second-order valence-electron chi connectivity index (χ2n) is 7.66. The van der Waals surface area contributed by atoms with Crippen molar-refractivity contribution < 1.29 is 28.9 Å². The Morgan fingerprint density at radius 1 is 1.37 bits per heavy atom. The number of benzene rings is 1. The fraction of sp³-hybridized carbons (Fsp3) is 0.550. The molecule has 7 heteroatoms. The first-order valence-electron chi connectivity index (χ1n) is 9.38. The Labute approximate surface area is 157 Å². The summed E-state index contributed by atoms with van der Waals surface area (Å²) in [5.74, 6) is 1.12. The van der Waals surface area contributed by atoms with Crippen LogP contribution in [0.4, 0.5) is 0 Å². The Morgan fingerprint density at radius 3 is 3.00 bits per heavy atom. The lowest BCUT2D eigenvalue weighted by Gasteiger charge is -2.35. The molecule has 1 saturated heterocycles. The third kappa shape index (κ3) is 2.42. The van der Waals surface area contributed by atoms with E-state index in [0.29, 0.717) is 25.1 Å². The number of ether oxygens (including phenoxy) is 3. The number of fused-ring (bicyclic) bond motifs is 2. The smallest absolute Gasteiger partial charge is 0.304 e. The lowest BCUT2D eigenvalue weighted by Crippen LogP contribution is -2.43. The van der Waals surface area contributed by atoms with Crippen molar-refractivity contribution in [2.24, 2.45) is 0 Å². The molecule has 27 heavy (non-hydrogen) atoms. The molecule has 5 atom stereocenters. The molecule has 144 valence electrons. The van der Waals surface area contributed by atoms with E-state index in [1.54, 1.807) is 7.11 Å². The van der Waals surface area contributed by atoms with Crippen LogP contribution in [0.5, 0.6) is 11.5 Å². The molecular formula is C20H23NO6. The molecule has 0 saturated carbocycles. The maximum atomic E-state index is 11.3. The molecule has 0 aromatic heterocycles. The lowest BCUT2D eigenvalue weighted by atomic mass is 9.68. The van der Waals surface area contributed by atoms with Crippen molar-refractivity contribution in [1.82, 2.24) is 5.06 Å². The molecule has 1 aliphatic carbocycles. The largest absolute Gasteiger partial charge is 0.493 e. The number of hydrogen-bond acceptors (Lipinski definition) is 7. The van der Waals surface area contributed by atoms with Crippen LogP contribution in [0.15, 0.2) is 24.3 Å². The number of hydroxylamine groups is 2. The molecule has 7 nitrogen and oxygen atoms in total. The van der Waals surface area contributed by atoms with Gasteiger partial charge in [0.1, 0.15) is 6.10 Å². The number of carbonyl (C=O) groups excluding carboxylic acids is 1. The first-order valence-corrected chi connectivity index (χ1v) is 9.38. The van der Waals surface area contributed by atoms with Crippen molar-refractivity contribution in [2.45, 2.75) is 56.1 Å². The summed E-state index contributed by atoms with van der Waals surface area (Å²) in [6.07, 6.45) is 4.69. The van der Waals surface area contributed by atoms with E-state index >= 15 is 0 Å². The van der Waals surface area contributed by atoms with Gasteiger partial charge in [0.2, 0.25) is 6.29 Å². The van der Waals surface area contributed by atoms with Gasteiger partial charge in [-0.1, -0.05) is 18.2 Å². The fourth-order valence-electron chi connectivity index (χ4n) is 5.03. The normalized spacial score (nSPS) is 36.3. The third-order valence-electron chi connectivity index (χ3n) is 6.16. The second-order valence-corrected chi connectivity index (χ2v) is 7.66. The highest BCUT2D eigenvalue weighted by Crippen LogP contribution is 2.58. The number of esters is 1. The van der Waals surface area contributed by atoms with Crippen LogP contribution in [-0.2, 0) is 19.8 Å². The van der Waals surface area contributed by atoms with Gasteiger partial charge in [-0.15, -0.1) is 0 Å². The van der Waals surface area contributed by atoms with Gasteiger partial charge in [0.05, 0.1) is 24.7 Å². The highest BCUT2D eigenvalue weighted by molar-refractivity contribution is 5.66. The van der Waals surface area contributed by atoms with Gasteiger partial charge in [0.15, 0.2) is 11.5 Å². The zero-order valence-electron chi connectivity index (χ0n) is 15.4. The fourth-order valence-corrected chi connectivity index (χ4v) is 5.03. The van der Waals surface area contributed by atoms with E-state index in [9.17, 15) is 9.90 Å². The van der Waals surface area contributed by atoms with Gasteiger partial charge in [-0.2, -0.15) is 5.06 Å². The summed E-state index contributed by atoms with van der Waals surface area (Å²) in [7, 11) is 1.64. The van der Waals surface area contributed by atoms with Gasteiger partial charge in [-0.25, -0.2) is 0 Å². The van der Waals surface area contributed by atoms with Crippen LogP contribution < -0.4 is 9.47 Å². The van der Waals surface area contributed by atoms with E-state index in [4.69, 9.17) is 19.0 Å². The standard InChI is InChI=1S/C20H23NO6/c1-11(22)25-17-10-14-13-3-4-15(24-2)19-18(13)20(7-8-21(14)27-17)6-5-12(23)9-16(20)26-19/h3-6,12,14,16-17,23H,7-10H2,1-2H3/t12-,14-,16-,17?,20-/m0/s1. The molecule has 1 N–H and O–H groups in total. The SMILES string of the molecule is COc1ccc2c3c1O[C@H]1C[C@@H](O)C=C[C@@]31CCN1OC(OC(C)=O)C[C@@H]21. The van der Waals surface area contributed by atoms with E-state index in [0.717, 1.165) is 23.3 Å². The molecule has 0 amide bonds. The molecule has 1 fully saturated rings. The lowest BCUT2D eigenvalue weighted by molar-refractivity contribution is -0.236. The van der Waals surface area contributed by atoms with Crippen LogP contribution in [-0.4, -0.2) is 48.3 Å². The summed E-state index contributed by atoms with van der Waals surface area (Å²) < 4.78 is 17.2. The van der Waals surface area contributed by atoms with Crippen LogP contribution in [0.2, 0.25) is 0 Å². The van der Waals surface area contributed by atoms with Gasteiger partial charge in [0, 0.05) is 31.9 Å². The van der Waals surface area contributed by atoms with Gasteiger partial charge < -0.3 is 19.3 Å². The molecule has 0 bridgehead atoms. The average Bonchev–Trinajstić information content (AvgIpc) is 3.14. The van der Waals surface area contributed by atoms with Crippen molar-refractivity contribution in [1.29, 1.82) is 0 Å². The highest BCUT2D eigenvalue weighted by atomic mass is 16.8. The molecule has 1 aromatic carbocycles. The minimum atomic E-state index is -0.568.